The summed E-state index contributed by atoms with van der Waals surface area (Å²) in [5.74, 6) is -0.150. The van der Waals surface area contributed by atoms with Gasteiger partial charge in [0.1, 0.15) is 5.82 Å². The van der Waals surface area contributed by atoms with Crippen molar-refractivity contribution in [3.8, 4) is 0 Å². The molecule has 2 bridgehead atoms. The topological polar surface area (TPSA) is 15.3 Å². The van der Waals surface area contributed by atoms with E-state index in [4.69, 9.17) is 0 Å². The highest BCUT2D eigenvalue weighted by Gasteiger charge is 2.37. The molecule has 1 aromatic carbocycles. The van der Waals surface area contributed by atoms with Crippen LogP contribution in [0.3, 0.4) is 0 Å². The van der Waals surface area contributed by atoms with Gasteiger partial charge in [-0.3, -0.25) is 4.90 Å². The minimum Gasteiger partial charge on any atom is -0.311 e. The predicted octanol–water partition coefficient (Wildman–Crippen LogP) is 1.37. The molecule has 3 heteroatoms. The third kappa shape index (κ3) is 1.77. The van der Waals surface area contributed by atoms with E-state index >= 15 is 0 Å². The molecule has 15 heavy (non-hydrogen) atoms. The maximum atomic E-state index is 12.7. The van der Waals surface area contributed by atoms with Crippen molar-refractivity contribution in [2.75, 3.05) is 13.1 Å². The van der Waals surface area contributed by atoms with Crippen molar-refractivity contribution in [3.63, 3.8) is 0 Å². The zero-order valence-corrected chi connectivity index (χ0v) is 8.62. The molecule has 2 atom stereocenters. The first-order valence-corrected chi connectivity index (χ1v) is 5.53. The van der Waals surface area contributed by atoms with Gasteiger partial charge in [-0.1, -0.05) is 12.1 Å². The Kier molecular flexibility index (Phi) is 2.22. The first-order valence-electron chi connectivity index (χ1n) is 5.53. The lowest BCUT2D eigenvalue weighted by molar-refractivity contribution is 0.218. The molecule has 0 aliphatic carbocycles. The third-order valence-electron chi connectivity index (χ3n) is 3.47. The fourth-order valence-corrected chi connectivity index (χ4v) is 2.67. The monoisotopic (exact) mass is 206 g/mol. The molecule has 2 aliphatic heterocycles. The van der Waals surface area contributed by atoms with Crippen LogP contribution in [-0.2, 0) is 6.54 Å². The lowest BCUT2D eigenvalue weighted by Gasteiger charge is -2.27. The van der Waals surface area contributed by atoms with Gasteiger partial charge in [-0.05, 0) is 24.1 Å². The molecule has 2 fully saturated rings. The third-order valence-corrected chi connectivity index (χ3v) is 3.47. The van der Waals surface area contributed by atoms with E-state index in [2.05, 4.69) is 10.2 Å². The molecule has 1 aromatic rings. The number of likely N-dealkylation sites (tertiary alicyclic amines) is 1. The van der Waals surface area contributed by atoms with Crippen molar-refractivity contribution in [2.24, 2.45) is 0 Å². The van der Waals surface area contributed by atoms with Gasteiger partial charge in [0.2, 0.25) is 0 Å². The van der Waals surface area contributed by atoms with E-state index in [-0.39, 0.29) is 5.82 Å². The number of nitrogens with zero attached hydrogens (tertiary/aromatic N) is 1. The highest BCUT2D eigenvalue weighted by molar-refractivity contribution is 5.16. The molecule has 3 rings (SSSR count). The van der Waals surface area contributed by atoms with Crippen molar-refractivity contribution < 1.29 is 4.39 Å². The highest BCUT2D eigenvalue weighted by atomic mass is 19.1. The van der Waals surface area contributed by atoms with Crippen LogP contribution in [0, 0.1) is 5.82 Å². The van der Waals surface area contributed by atoms with Gasteiger partial charge in [-0.25, -0.2) is 4.39 Å². The van der Waals surface area contributed by atoms with Crippen LogP contribution in [0.1, 0.15) is 12.0 Å². The summed E-state index contributed by atoms with van der Waals surface area (Å²) in [4.78, 5) is 2.49. The summed E-state index contributed by atoms with van der Waals surface area (Å²) in [5, 5.41) is 3.48. The molecule has 0 unspecified atom stereocenters. The molecule has 0 amide bonds. The Morgan fingerprint density at radius 2 is 2.13 bits per heavy atom. The Bertz CT molecular complexity index is 349. The first-order chi connectivity index (χ1) is 7.31. The molecule has 0 spiro atoms. The molecule has 0 aromatic heterocycles. The summed E-state index contributed by atoms with van der Waals surface area (Å²) in [6, 6.07) is 8.24. The summed E-state index contributed by atoms with van der Waals surface area (Å²) in [6.45, 7) is 3.22. The fraction of sp³-hybridized carbons (Fsp3) is 0.500. The lowest BCUT2D eigenvalue weighted by atomic mass is 10.2. The quantitative estimate of drug-likeness (QED) is 0.786. The molecule has 0 saturated carbocycles. The summed E-state index contributed by atoms with van der Waals surface area (Å²) < 4.78 is 12.7. The number of fused-ring (bicyclic) bond motifs is 2. The summed E-state index contributed by atoms with van der Waals surface area (Å²) in [7, 11) is 0. The Labute approximate surface area is 89.1 Å². The van der Waals surface area contributed by atoms with Crippen LogP contribution in [0.15, 0.2) is 24.3 Å². The molecule has 80 valence electrons. The maximum Gasteiger partial charge on any atom is 0.123 e. The normalized spacial score (nSPS) is 29.9. The molecule has 2 nitrogen and oxygen atoms in total. The maximum absolute atomic E-state index is 12.7. The zero-order valence-electron chi connectivity index (χ0n) is 8.62. The second-order valence-electron chi connectivity index (χ2n) is 4.55. The SMILES string of the molecule is Fc1ccc(CN2C[C@@H]3C[C@@H]2CN3)cc1. The number of hydrogen-bond donors (Lipinski definition) is 1. The van der Waals surface area contributed by atoms with Crippen molar-refractivity contribution in [1.29, 1.82) is 0 Å². The Morgan fingerprint density at radius 1 is 1.33 bits per heavy atom. The average Bonchev–Trinajstić information content (AvgIpc) is 2.83. The minimum atomic E-state index is -0.150. The van der Waals surface area contributed by atoms with E-state index in [1.807, 2.05) is 12.1 Å². The van der Waals surface area contributed by atoms with Crippen LogP contribution in [0.2, 0.25) is 0 Å². The van der Waals surface area contributed by atoms with Crippen LogP contribution in [0.5, 0.6) is 0 Å². The Hall–Kier alpha value is -0.930. The fourth-order valence-electron chi connectivity index (χ4n) is 2.67. The second-order valence-corrected chi connectivity index (χ2v) is 4.55. The minimum absolute atomic E-state index is 0.150. The van der Waals surface area contributed by atoms with Crippen LogP contribution >= 0.6 is 0 Å². The summed E-state index contributed by atoms with van der Waals surface area (Å²) in [6.07, 6.45) is 1.28. The Balaban J connectivity index is 1.68. The van der Waals surface area contributed by atoms with Crippen molar-refractivity contribution in [3.05, 3.63) is 35.6 Å². The van der Waals surface area contributed by atoms with Crippen molar-refractivity contribution in [2.45, 2.75) is 25.0 Å². The van der Waals surface area contributed by atoms with Gasteiger partial charge in [0, 0.05) is 31.7 Å². The molecular weight excluding hydrogens is 191 g/mol. The van der Waals surface area contributed by atoms with Gasteiger partial charge in [-0.15, -0.1) is 0 Å². The van der Waals surface area contributed by atoms with Gasteiger partial charge in [0.25, 0.3) is 0 Å². The molecule has 2 heterocycles. The molecule has 2 aliphatic rings. The Morgan fingerprint density at radius 3 is 2.73 bits per heavy atom. The number of halogens is 1. The van der Waals surface area contributed by atoms with Crippen LogP contribution < -0.4 is 5.32 Å². The number of nitrogens with one attached hydrogen (secondary N) is 1. The van der Waals surface area contributed by atoms with Crippen molar-refractivity contribution in [1.82, 2.24) is 10.2 Å². The summed E-state index contributed by atoms with van der Waals surface area (Å²) in [5.41, 5.74) is 1.21. The largest absolute Gasteiger partial charge is 0.311 e. The molecular formula is C12H15FN2. The van der Waals surface area contributed by atoms with E-state index < -0.39 is 0 Å². The number of piperazine rings is 1. The second kappa shape index (κ2) is 3.58. The van der Waals surface area contributed by atoms with Crippen LogP contribution in [0.25, 0.3) is 0 Å². The van der Waals surface area contributed by atoms with Gasteiger partial charge in [0.05, 0.1) is 0 Å². The standard InChI is InChI=1S/C12H15FN2/c13-10-3-1-9(2-4-10)7-15-8-11-5-12(15)6-14-11/h1-4,11-12,14H,5-8H2/t11-,12+/m0/s1. The molecule has 0 radical (unpaired) electrons. The van der Waals surface area contributed by atoms with Crippen LogP contribution in [0.4, 0.5) is 4.39 Å². The van der Waals surface area contributed by atoms with E-state index in [1.54, 1.807) is 12.1 Å². The average molecular weight is 206 g/mol. The lowest BCUT2D eigenvalue weighted by Crippen LogP contribution is -2.42. The predicted molar refractivity (Wildman–Crippen MR) is 57.0 cm³/mol. The number of benzene rings is 1. The smallest absolute Gasteiger partial charge is 0.123 e. The molecule has 1 N–H and O–H groups in total. The van der Waals surface area contributed by atoms with Gasteiger partial charge < -0.3 is 5.32 Å². The number of hydrogen-bond acceptors (Lipinski definition) is 2. The zero-order chi connectivity index (χ0) is 10.3. The van der Waals surface area contributed by atoms with E-state index in [1.165, 1.54) is 12.0 Å². The van der Waals surface area contributed by atoms with Gasteiger partial charge in [-0.2, -0.15) is 0 Å². The van der Waals surface area contributed by atoms with Crippen molar-refractivity contribution >= 4 is 0 Å². The first kappa shape index (κ1) is 9.31. The van der Waals surface area contributed by atoms with E-state index in [0.29, 0.717) is 12.1 Å². The van der Waals surface area contributed by atoms with E-state index in [0.717, 1.165) is 19.6 Å². The molecule has 2 saturated heterocycles. The highest BCUT2D eigenvalue weighted by Crippen LogP contribution is 2.24. The number of rotatable bonds is 2. The summed E-state index contributed by atoms with van der Waals surface area (Å²) >= 11 is 0. The van der Waals surface area contributed by atoms with Crippen LogP contribution in [-0.4, -0.2) is 30.1 Å². The van der Waals surface area contributed by atoms with Gasteiger partial charge in [0.15, 0.2) is 0 Å². The van der Waals surface area contributed by atoms with E-state index in [9.17, 15) is 4.39 Å². The van der Waals surface area contributed by atoms with Gasteiger partial charge >= 0.3 is 0 Å².